The molecule has 1 aliphatic rings. The highest BCUT2D eigenvalue weighted by Crippen LogP contribution is 2.18. The molecule has 0 spiro atoms. The minimum absolute atomic E-state index is 0.0503. The molecule has 0 atom stereocenters. The molecule has 1 heterocycles. The van der Waals surface area contributed by atoms with Crippen molar-refractivity contribution in [2.24, 2.45) is 0 Å². The van der Waals surface area contributed by atoms with E-state index in [1.54, 1.807) is 12.1 Å². The lowest BCUT2D eigenvalue weighted by Gasteiger charge is -2.26. The Morgan fingerprint density at radius 1 is 1.09 bits per heavy atom. The summed E-state index contributed by atoms with van der Waals surface area (Å²) in [6.07, 6.45) is 2.69. The number of rotatable bonds is 6. The maximum atomic E-state index is 13.5. The number of ether oxygens (including phenoxy) is 1. The molecule has 0 saturated carbocycles. The lowest BCUT2D eigenvalue weighted by atomic mass is 10.2. The zero-order valence-corrected chi connectivity index (χ0v) is 18.3. The highest BCUT2D eigenvalue weighted by Gasteiger charge is 2.25. The van der Waals surface area contributed by atoms with E-state index in [-0.39, 0.29) is 15.7 Å². The van der Waals surface area contributed by atoms with Gasteiger partial charge in [0.2, 0.25) is 15.9 Å². The second-order valence-corrected chi connectivity index (χ2v) is 8.96. The van der Waals surface area contributed by atoms with E-state index in [1.807, 2.05) is 0 Å². The van der Waals surface area contributed by atoms with Crippen LogP contribution < -0.4 is 16.2 Å². The van der Waals surface area contributed by atoms with Crippen molar-refractivity contribution < 1.29 is 26.7 Å². The molecular weight excluding hydrogens is 462 g/mol. The molecule has 32 heavy (non-hydrogen) atoms. The summed E-state index contributed by atoms with van der Waals surface area (Å²) < 4.78 is 58.2. The van der Waals surface area contributed by atoms with E-state index in [9.17, 15) is 22.0 Å². The van der Waals surface area contributed by atoms with Crippen LogP contribution in [0.3, 0.4) is 0 Å². The summed E-state index contributed by atoms with van der Waals surface area (Å²) in [7, 11) is -3.59. The lowest BCUT2D eigenvalue weighted by molar-refractivity contribution is -0.115. The van der Waals surface area contributed by atoms with Crippen molar-refractivity contribution in [1.29, 1.82) is 0 Å². The lowest BCUT2D eigenvalue weighted by Crippen LogP contribution is -2.41. The molecule has 12 heteroatoms. The molecule has 0 aliphatic carbocycles. The summed E-state index contributed by atoms with van der Waals surface area (Å²) in [6.45, 7) is 1.34. The average Bonchev–Trinajstić information content (AvgIpc) is 2.78. The fourth-order valence-corrected chi connectivity index (χ4v) is 4.32. The van der Waals surface area contributed by atoms with Gasteiger partial charge < -0.3 is 4.74 Å². The Bertz CT molecular complexity index is 1120. The Balaban J connectivity index is 1.52. The van der Waals surface area contributed by atoms with Crippen molar-refractivity contribution in [3.8, 4) is 0 Å². The van der Waals surface area contributed by atoms with Crippen LogP contribution in [0, 0.1) is 11.6 Å². The molecule has 2 aromatic rings. The van der Waals surface area contributed by atoms with Crippen LogP contribution in [0.15, 0.2) is 53.4 Å². The number of sulfonamides is 1. The molecule has 3 N–H and O–H groups in total. The highest BCUT2D eigenvalue weighted by molar-refractivity contribution is 7.89. The van der Waals surface area contributed by atoms with Crippen molar-refractivity contribution in [2.75, 3.05) is 31.7 Å². The first-order valence-corrected chi connectivity index (χ1v) is 11.3. The third kappa shape index (κ3) is 6.29. The van der Waals surface area contributed by atoms with Crippen LogP contribution in [0.2, 0.25) is 0 Å². The van der Waals surface area contributed by atoms with Gasteiger partial charge in [-0.25, -0.2) is 17.2 Å². The van der Waals surface area contributed by atoms with Gasteiger partial charge in [0.05, 0.1) is 23.8 Å². The Morgan fingerprint density at radius 2 is 1.78 bits per heavy atom. The Kier molecular flexibility index (Phi) is 7.85. The van der Waals surface area contributed by atoms with Crippen molar-refractivity contribution in [2.45, 2.75) is 4.90 Å². The third-order valence-electron chi connectivity index (χ3n) is 4.39. The van der Waals surface area contributed by atoms with E-state index in [2.05, 4.69) is 16.2 Å². The van der Waals surface area contributed by atoms with Gasteiger partial charge in [-0.05, 0) is 48.1 Å². The maximum Gasteiger partial charge on any atom is 0.250 e. The predicted octanol–water partition coefficient (Wildman–Crippen LogP) is 2.02. The van der Waals surface area contributed by atoms with Gasteiger partial charge in [-0.2, -0.15) is 4.31 Å². The van der Waals surface area contributed by atoms with Gasteiger partial charge in [0.15, 0.2) is 10.9 Å². The van der Waals surface area contributed by atoms with E-state index in [0.29, 0.717) is 37.9 Å². The topological polar surface area (TPSA) is 99.8 Å². The zero-order chi connectivity index (χ0) is 23.1. The number of hydrogen-bond acceptors (Lipinski definition) is 6. The molecule has 3 rings (SSSR count). The first kappa shape index (κ1) is 23.7. The first-order valence-electron chi connectivity index (χ1n) is 9.44. The normalized spacial score (nSPS) is 14.8. The number of hydrogen-bond donors (Lipinski definition) is 3. The Labute approximate surface area is 189 Å². The number of amides is 1. The summed E-state index contributed by atoms with van der Waals surface area (Å²) in [5.74, 6) is -2.11. The molecule has 0 aromatic heterocycles. The molecule has 2 aromatic carbocycles. The fraction of sp³-hybridized carbons (Fsp3) is 0.200. The molecule has 170 valence electrons. The number of anilines is 1. The standard InChI is InChI=1S/C20H20F2N4O4S2/c21-15-4-7-18(17(22)13-15)24-25-20(31)23-19(27)8-3-14-1-5-16(6-2-14)32(28,29)26-9-11-30-12-10-26/h1-8,13,24H,9-12H2,(H2,23,25,27,31)/b8-3+. The minimum Gasteiger partial charge on any atom is -0.379 e. The van der Waals surface area contributed by atoms with E-state index < -0.39 is 27.6 Å². The number of halogens is 2. The van der Waals surface area contributed by atoms with Crippen LogP contribution in [-0.4, -0.2) is 50.0 Å². The van der Waals surface area contributed by atoms with E-state index in [1.165, 1.54) is 34.7 Å². The maximum absolute atomic E-state index is 13.5. The van der Waals surface area contributed by atoms with Crippen LogP contribution in [0.25, 0.3) is 6.08 Å². The molecule has 0 bridgehead atoms. The number of carbonyl (C=O) groups excluding carboxylic acids is 1. The first-order chi connectivity index (χ1) is 15.3. The average molecular weight is 483 g/mol. The van der Waals surface area contributed by atoms with Gasteiger partial charge in [0.25, 0.3) is 0 Å². The number of morpholine rings is 1. The SMILES string of the molecule is O=C(/C=C/c1ccc(S(=O)(=O)N2CCOCC2)cc1)NC(=S)NNc1ccc(F)cc1F. The van der Waals surface area contributed by atoms with Gasteiger partial charge in [-0.3, -0.25) is 21.0 Å². The molecule has 1 amide bonds. The van der Waals surface area contributed by atoms with Crippen molar-refractivity contribution in [3.63, 3.8) is 0 Å². The molecule has 0 radical (unpaired) electrons. The number of nitrogens with zero attached hydrogens (tertiary/aromatic N) is 1. The predicted molar refractivity (Wildman–Crippen MR) is 119 cm³/mol. The second kappa shape index (κ2) is 10.6. The molecule has 8 nitrogen and oxygen atoms in total. The molecular formula is C20H20F2N4O4S2. The van der Waals surface area contributed by atoms with Crippen LogP contribution in [0.5, 0.6) is 0 Å². The van der Waals surface area contributed by atoms with Crippen molar-refractivity contribution in [3.05, 3.63) is 65.7 Å². The molecule has 0 unspecified atom stereocenters. The van der Waals surface area contributed by atoms with Crippen LogP contribution in [0.4, 0.5) is 14.5 Å². The molecule has 1 aliphatic heterocycles. The number of carbonyl (C=O) groups is 1. The summed E-state index contributed by atoms with van der Waals surface area (Å²) in [4.78, 5) is 12.1. The van der Waals surface area contributed by atoms with Gasteiger partial charge in [0.1, 0.15) is 5.82 Å². The Morgan fingerprint density at radius 3 is 2.44 bits per heavy atom. The van der Waals surface area contributed by atoms with Crippen molar-refractivity contribution in [1.82, 2.24) is 15.0 Å². The van der Waals surface area contributed by atoms with Crippen LogP contribution >= 0.6 is 12.2 Å². The van der Waals surface area contributed by atoms with Gasteiger partial charge >= 0.3 is 0 Å². The van der Waals surface area contributed by atoms with Crippen LogP contribution in [-0.2, 0) is 19.6 Å². The van der Waals surface area contributed by atoms with E-state index >= 15 is 0 Å². The van der Waals surface area contributed by atoms with E-state index in [4.69, 9.17) is 17.0 Å². The Hall–Kier alpha value is -2.93. The minimum atomic E-state index is -3.59. The molecule has 1 fully saturated rings. The van der Waals surface area contributed by atoms with Gasteiger partial charge in [0, 0.05) is 25.2 Å². The largest absolute Gasteiger partial charge is 0.379 e. The van der Waals surface area contributed by atoms with Gasteiger partial charge in [-0.1, -0.05) is 12.1 Å². The number of nitrogens with one attached hydrogen (secondary N) is 3. The highest BCUT2D eigenvalue weighted by atomic mass is 32.2. The third-order valence-corrected chi connectivity index (χ3v) is 6.51. The van der Waals surface area contributed by atoms with Crippen molar-refractivity contribution >= 4 is 45.0 Å². The van der Waals surface area contributed by atoms with Gasteiger partial charge in [-0.15, -0.1) is 0 Å². The fourth-order valence-electron chi connectivity index (χ4n) is 2.76. The summed E-state index contributed by atoms with van der Waals surface area (Å²) in [5.41, 5.74) is 5.40. The number of benzene rings is 2. The van der Waals surface area contributed by atoms with E-state index in [0.717, 1.165) is 6.07 Å². The summed E-state index contributed by atoms with van der Waals surface area (Å²) in [6, 6.07) is 9.02. The zero-order valence-electron chi connectivity index (χ0n) is 16.7. The number of hydrazine groups is 1. The monoisotopic (exact) mass is 482 g/mol. The smallest absolute Gasteiger partial charge is 0.250 e. The number of thiocarbonyl (C=S) groups is 1. The summed E-state index contributed by atoms with van der Waals surface area (Å²) >= 11 is 4.93. The van der Waals surface area contributed by atoms with Crippen LogP contribution in [0.1, 0.15) is 5.56 Å². The second-order valence-electron chi connectivity index (χ2n) is 6.61. The quantitative estimate of drug-likeness (QED) is 0.329. The molecule has 1 saturated heterocycles. The summed E-state index contributed by atoms with van der Waals surface area (Å²) in [5, 5.41) is 2.22.